The number of hydrogen-bond donors (Lipinski definition) is 3. The minimum atomic E-state index is -0.212. The summed E-state index contributed by atoms with van der Waals surface area (Å²) < 4.78 is 5.16. The predicted octanol–water partition coefficient (Wildman–Crippen LogP) is 1.14. The fourth-order valence-corrected chi connectivity index (χ4v) is 1.66. The first-order chi connectivity index (χ1) is 10.6. The van der Waals surface area contributed by atoms with Gasteiger partial charge in [0.05, 0.1) is 12.8 Å². The fraction of sp³-hybridized carbons (Fsp3) is 0.154. The first-order valence-electron chi connectivity index (χ1n) is 6.20. The predicted molar refractivity (Wildman–Crippen MR) is 78.7 cm³/mol. The highest BCUT2D eigenvalue weighted by molar-refractivity contribution is 5.91. The van der Waals surface area contributed by atoms with Gasteiger partial charge in [0, 0.05) is 18.8 Å². The number of aromatic amines is 1. The summed E-state index contributed by atoms with van der Waals surface area (Å²) in [7, 11) is 1.51. The zero-order chi connectivity index (χ0) is 15.9. The van der Waals surface area contributed by atoms with Gasteiger partial charge in [-0.05, 0) is 23.4 Å². The number of nitrogens with zero attached hydrogens (tertiary/aromatic N) is 4. The molecule has 0 spiro atoms. The molecule has 1 aromatic carbocycles. The van der Waals surface area contributed by atoms with Gasteiger partial charge in [0.1, 0.15) is 17.4 Å². The molecule has 112 valence electrons. The average molecular weight is 299 g/mol. The summed E-state index contributed by atoms with van der Waals surface area (Å²) in [4.78, 5) is 11.2. The Morgan fingerprint density at radius 2 is 2.32 bits per heavy atom. The van der Waals surface area contributed by atoms with Crippen LogP contribution in [0.1, 0.15) is 12.7 Å². The fourth-order valence-electron chi connectivity index (χ4n) is 1.66. The topological polar surface area (TPSA) is 129 Å². The van der Waals surface area contributed by atoms with E-state index in [-0.39, 0.29) is 17.3 Å². The number of benzene rings is 1. The summed E-state index contributed by atoms with van der Waals surface area (Å²) >= 11 is 0. The van der Waals surface area contributed by atoms with Crippen LogP contribution in [0.15, 0.2) is 24.4 Å². The van der Waals surface area contributed by atoms with Crippen LogP contribution >= 0.6 is 0 Å². The second-order valence-electron chi connectivity index (χ2n) is 4.15. The van der Waals surface area contributed by atoms with Gasteiger partial charge in [0.15, 0.2) is 0 Å². The van der Waals surface area contributed by atoms with Gasteiger partial charge in [0.2, 0.25) is 11.7 Å². The quantitative estimate of drug-likeness (QED) is 0.706. The van der Waals surface area contributed by atoms with Crippen LogP contribution in [0, 0.1) is 11.3 Å². The second-order valence-corrected chi connectivity index (χ2v) is 4.15. The standard InChI is InChI=1S/C13H13N7O2/c1-8(21)16-11-5-10(3-4-12(11)22-2)15-7-9(6-14)13-17-19-20-18-13/h3-5,7,15H,1-2H3,(H,16,21)(H,17,18,19,20). The average Bonchev–Trinajstić information content (AvgIpc) is 3.02. The lowest BCUT2D eigenvalue weighted by Crippen LogP contribution is -2.07. The molecule has 2 rings (SSSR count). The lowest BCUT2D eigenvalue weighted by Gasteiger charge is -2.11. The number of anilines is 2. The van der Waals surface area contributed by atoms with Crippen molar-refractivity contribution >= 4 is 22.9 Å². The monoisotopic (exact) mass is 299 g/mol. The van der Waals surface area contributed by atoms with Crippen LogP contribution in [0.25, 0.3) is 5.57 Å². The minimum Gasteiger partial charge on any atom is -0.495 e. The van der Waals surface area contributed by atoms with E-state index in [2.05, 4.69) is 31.3 Å². The van der Waals surface area contributed by atoms with Gasteiger partial charge in [-0.1, -0.05) is 0 Å². The minimum absolute atomic E-state index is 0.186. The number of carbonyl (C=O) groups is 1. The lowest BCUT2D eigenvalue weighted by atomic mass is 10.2. The summed E-state index contributed by atoms with van der Waals surface area (Å²) in [5, 5.41) is 27.8. The number of nitriles is 1. The molecule has 3 N–H and O–H groups in total. The summed E-state index contributed by atoms with van der Waals surface area (Å²) in [5.74, 6) is 0.504. The molecule has 2 aromatic rings. The van der Waals surface area contributed by atoms with Crippen molar-refractivity contribution in [1.29, 1.82) is 5.26 Å². The molecule has 1 heterocycles. The molecule has 0 bridgehead atoms. The van der Waals surface area contributed by atoms with Crippen LogP contribution in [0.4, 0.5) is 11.4 Å². The number of carbonyl (C=O) groups excluding carboxylic acids is 1. The number of nitrogens with one attached hydrogen (secondary N) is 3. The van der Waals surface area contributed by atoms with Crippen LogP contribution in [0.3, 0.4) is 0 Å². The third kappa shape index (κ3) is 3.57. The van der Waals surface area contributed by atoms with E-state index in [4.69, 9.17) is 10.00 Å². The van der Waals surface area contributed by atoms with Gasteiger partial charge in [0.25, 0.3) is 0 Å². The smallest absolute Gasteiger partial charge is 0.221 e. The Bertz CT molecular complexity index is 731. The molecular weight excluding hydrogens is 286 g/mol. The Morgan fingerprint density at radius 1 is 1.50 bits per heavy atom. The Labute approximate surface area is 126 Å². The Morgan fingerprint density at radius 3 is 2.91 bits per heavy atom. The first-order valence-corrected chi connectivity index (χ1v) is 6.20. The van der Waals surface area contributed by atoms with Crippen LogP contribution in [-0.2, 0) is 4.79 Å². The molecule has 9 nitrogen and oxygen atoms in total. The summed E-state index contributed by atoms with van der Waals surface area (Å²) in [6.07, 6.45) is 1.45. The van der Waals surface area contributed by atoms with Crippen molar-refractivity contribution in [1.82, 2.24) is 20.6 Å². The first kappa shape index (κ1) is 15.0. The zero-order valence-electron chi connectivity index (χ0n) is 11.9. The summed E-state index contributed by atoms with van der Waals surface area (Å²) in [5.41, 5.74) is 1.39. The number of methoxy groups -OCH3 is 1. The van der Waals surface area contributed by atoms with Crippen molar-refractivity contribution in [3.05, 3.63) is 30.2 Å². The van der Waals surface area contributed by atoms with Gasteiger partial charge in [-0.15, -0.1) is 10.2 Å². The van der Waals surface area contributed by atoms with Crippen molar-refractivity contribution < 1.29 is 9.53 Å². The van der Waals surface area contributed by atoms with Crippen LogP contribution < -0.4 is 15.4 Å². The molecule has 0 aliphatic heterocycles. The van der Waals surface area contributed by atoms with E-state index >= 15 is 0 Å². The van der Waals surface area contributed by atoms with Crippen molar-refractivity contribution in [3.8, 4) is 11.8 Å². The second kappa shape index (κ2) is 6.85. The molecule has 1 aromatic heterocycles. The van der Waals surface area contributed by atoms with E-state index in [0.29, 0.717) is 17.1 Å². The van der Waals surface area contributed by atoms with E-state index in [1.165, 1.54) is 20.2 Å². The number of aromatic nitrogens is 4. The van der Waals surface area contributed by atoms with E-state index < -0.39 is 0 Å². The van der Waals surface area contributed by atoms with Crippen molar-refractivity contribution in [2.75, 3.05) is 17.7 Å². The largest absolute Gasteiger partial charge is 0.495 e. The zero-order valence-corrected chi connectivity index (χ0v) is 11.9. The van der Waals surface area contributed by atoms with Crippen LogP contribution in [0.5, 0.6) is 5.75 Å². The Hall–Kier alpha value is -3.41. The third-order valence-corrected chi connectivity index (χ3v) is 2.60. The highest BCUT2D eigenvalue weighted by Crippen LogP contribution is 2.28. The molecule has 0 aliphatic carbocycles. The van der Waals surface area contributed by atoms with Gasteiger partial charge >= 0.3 is 0 Å². The van der Waals surface area contributed by atoms with Crippen molar-refractivity contribution in [3.63, 3.8) is 0 Å². The van der Waals surface area contributed by atoms with Gasteiger partial charge < -0.3 is 15.4 Å². The van der Waals surface area contributed by atoms with E-state index in [9.17, 15) is 4.79 Å². The molecule has 1 amide bonds. The molecule has 9 heteroatoms. The molecule has 0 saturated carbocycles. The molecule has 22 heavy (non-hydrogen) atoms. The summed E-state index contributed by atoms with van der Waals surface area (Å²) in [6, 6.07) is 7.08. The lowest BCUT2D eigenvalue weighted by molar-refractivity contribution is -0.114. The van der Waals surface area contributed by atoms with Gasteiger partial charge in [-0.2, -0.15) is 10.5 Å². The number of rotatable bonds is 5. The molecule has 0 atom stereocenters. The van der Waals surface area contributed by atoms with Crippen LogP contribution in [-0.4, -0.2) is 33.6 Å². The van der Waals surface area contributed by atoms with Crippen LogP contribution in [0.2, 0.25) is 0 Å². The normalized spacial score (nSPS) is 10.7. The molecular formula is C13H13N7O2. The van der Waals surface area contributed by atoms with E-state index in [1.807, 2.05) is 6.07 Å². The van der Waals surface area contributed by atoms with Gasteiger partial charge in [-0.3, -0.25) is 4.79 Å². The van der Waals surface area contributed by atoms with Gasteiger partial charge in [-0.25, -0.2) is 0 Å². The van der Waals surface area contributed by atoms with E-state index in [0.717, 1.165) is 0 Å². The molecule has 0 unspecified atom stereocenters. The number of hydrogen-bond acceptors (Lipinski definition) is 7. The number of amides is 1. The Balaban J connectivity index is 2.23. The summed E-state index contributed by atoms with van der Waals surface area (Å²) in [6.45, 7) is 1.41. The van der Waals surface area contributed by atoms with E-state index in [1.54, 1.807) is 18.2 Å². The highest BCUT2D eigenvalue weighted by atomic mass is 16.5. The number of tetrazole rings is 1. The number of H-pyrrole nitrogens is 1. The number of ether oxygens (including phenoxy) is 1. The maximum absolute atomic E-state index is 11.2. The molecule has 0 aliphatic rings. The molecule has 0 saturated heterocycles. The van der Waals surface area contributed by atoms with Crippen molar-refractivity contribution in [2.24, 2.45) is 0 Å². The molecule has 0 fully saturated rings. The SMILES string of the molecule is COc1ccc(NC=C(C#N)c2nn[nH]n2)cc1NC(C)=O. The highest BCUT2D eigenvalue weighted by Gasteiger charge is 2.07. The van der Waals surface area contributed by atoms with Crippen molar-refractivity contribution in [2.45, 2.75) is 6.92 Å². The number of allylic oxidation sites excluding steroid dienone is 1. The molecule has 0 radical (unpaired) electrons. The Kier molecular flexibility index (Phi) is 4.66. The maximum Gasteiger partial charge on any atom is 0.221 e. The third-order valence-electron chi connectivity index (χ3n) is 2.60. The maximum atomic E-state index is 11.2.